The van der Waals surface area contributed by atoms with Crippen LogP contribution in [0.1, 0.15) is 38.2 Å². The van der Waals surface area contributed by atoms with Gasteiger partial charge in [0.05, 0.1) is 6.61 Å². The first-order valence-corrected chi connectivity index (χ1v) is 6.99. The van der Waals surface area contributed by atoms with E-state index >= 15 is 0 Å². The molecule has 0 heterocycles. The van der Waals surface area contributed by atoms with Crippen LogP contribution in [0.5, 0.6) is 5.75 Å². The van der Waals surface area contributed by atoms with Gasteiger partial charge in [-0.1, -0.05) is 25.5 Å². The van der Waals surface area contributed by atoms with Crippen LogP contribution in [0.4, 0.5) is 0 Å². The van der Waals surface area contributed by atoms with Crippen molar-refractivity contribution in [3.05, 3.63) is 29.8 Å². The number of nitrogens with one attached hydrogen (secondary N) is 1. The van der Waals surface area contributed by atoms with Crippen molar-refractivity contribution >= 4 is 0 Å². The Labute approximate surface area is 111 Å². The number of unbranched alkanes of at least 4 members (excludes halogenated alkanes) is 2. The van der Waals surface area contributed by atoms with Gasteiger partial charge in [-0.25, -0.2) is 0 Å². The Morgan fingerprint density at radius 3 is 2.56 bits per heavy atom. The largest absolute Gasteiger partial charge is 0.494 e. The molecule has 0 bridgehead atoms. The predicted molar refractivity (Wildman–Crippen MR) is 76.8 cm³/mol. The molecular formula is C15H26N2O. The third kappa shape index (κ3) is 6.62. The van der Waals surface area contributed by atoms with Crippen molar-refractivity contribution < 1.29 is 4.74 Å². The average molecular weight is 250 g/mol. The Hall–Kier alpha value is -1.06. The molecule has 0 saturated carbocycles. The van der Waals surface area contributed by atoms with Crippen molar-refractivity contribution in [1.29, 1.82) is 0 Å². The second kappa shape index (κ2) is 9.92. The fourth-order valence-electron chi connectivity index (χ4n) is 1.66. The SMILES string of the molecule is CCCCOc1ccc(CNCCCCN)cc1. The predicted octanol–water partition coefficient (Wildman–Crippen LogP) is 2.69. The molecule has 0 aliphatic rings. The molecule has 1 aromatic carbocycles. The van der Waals surface area contributed by atoms with Crippen LogP contribution in [0.15, 0.2) is 24.3 Å². The van der Waals surface area contributed by atoms with Crippen molar-refractivity contribution in [3.8, 4) is 5.75 Å². The van der Waals surface area contributed by atoms with Gasteiger partial charge in [-0.3, -0.25) is 0 Å². The van der Waals surface area contributed by atoms with Gasteiger partial charge in [-0.05, 0) is 50.0 Å². The van der Waals surface area contributed by atoms with E-state index in [0.717, 1.165) is 51.3 Å². The molecule has 18 heavy (non-hydrogen) atoms. The van der Waals surface area contributed by atoms with Crippen molar-refractivity contribution in [2.45, 2.75) is 39.2 Å². The first-order valence-electron chi connectivity index (χ1n) is 6.99. The summed E-state index contributed by atoms with van der Waals surface area (Å²) < 4.78 is 5.62. The number of benzene rings is 1. The molecule has 102 valence electrons. The summed E-state index contributed by atoms with van der Waals surface area (Å²) in [5.74, 6) is 0.968. The van der Waals surface area contributed by atoms with E-state index in [0.29, 0.717) is 0 Å². The van der Waals surface area contributed by atoms with E-state index in [1.165, 1.54) is 12.0 Å². The molecule has 0 amide bonds. The average Bonchev–Trinajstić information content (AvgIpc) is 2.40. The van der Waals surface area contributed by atoms with E-state index in [1.54, 1.807) is 0 Å². The van der Waals surface area contributed by atoms with Crippen molar-refractivity contribution in [2.75, 3.05) is 19.7 Å². The van der Waals surface area contributed by atoms with Crippen LogP contribution >= 0.6 is 0 Å². The Morgan fingerprint density at radius 2 is 1.89 bits per heavy atom. The van der Waals surface area contributed by atoms with E-state index in [1.807, 2.05) is 12.1 Å². The lowest BCUT2D eigenvalue weighted by molar-refractivity contribution is 0.309. The minimum absolute atomic E-state index is 0.783. The van der Waals surface area contributed by atoms with Gasteiger partial charge in [-0.2, -0.15) is 0 Å². The normalized spacial score (nSPS) is 10.6. The van der Waals surface area contributed by atoms with Gasteiger partial charge in [-0.15, -0.1) is 0 Å². The van der Waals surface area contributed by atoms with Crippen LogP contribution in [-0.4, -0.2) is 19.7 Å². The maximum Gasteiger partial charge on any atom is 0.119 e. The third-order valence-corrected chi connectivity index (χ3v) is 2.83. The van der Waals surface area contributed by atoms with Crippen LogP contribution in [0.2, 0.25) is 0 Å². The standard InChI is InChI=1S/C15H26N2O/c1-2-3-12-18-15-8-6-14(7-9-15)13-17-11-5-4-10-16/h6-9,17H,2-5,10-13,16H2,1H3. The molecule has 0 radical (unpaired) electrons. The van der Waals surface area contributed by atoms with Gasteiger partial charge in [0.2, 0.25) is 0 Å². The van der Waals surface area contributed by atoms with Gasteiger partial charge >= 0.3 is 0 Å². The van der Waals surface area contributed by atoms with Gasteiger partial charge < -0.3 is 15.8 Å². The number of ether oxygens (including phenoxy) is 1. The third-order valence-electron chi connectivity index (χ3n) is 2.83. The summed E-state index contributed by atoms with van der Waals surface area (Å²) in [5.41, 5.74) is 6.74. The van der Waals surface area contributed by atoms with Crippen molar-refractivity contribution in [2.24, 2.45) is 5.73 Å². The molecule has 0 atom stereocenters. The van der Waals surface area contributed by atoms with Gasteiger partial charge in [0, 0.05) is 6.54 Å². The van der Waals surface area contributed by atoms with Gasteiger partial charge in [0.1, 0.15) is 5.75 Å². The molecule has 0 spiro atoms. The summed E-state index contributed by atoms with van der Waals surface area (Å²) in [5, 5.41) is 3.41. The molecule has 3 N–H and O–H groups in total. The van der Waals surface area contributed by atoms with Crippen LogP contribution in [0.25, 0.3) is 0 Å². The van der Waals surface area contributed by atoms with Crippen molar-refractivity contribution in [1.82, 2.24) is 5.32 Å². The van der Waals surface area contributed by atoms with E-state index in [9.17, 15) is 0 Å². The summed E-state index contributed by atoms with van der Waals surface area (Å²) in [4.78, 5) is 0. The summed E-state index contributed by atoms with van der Waals surface area (Å²) >= 11 is 0. The zero-order chi connectivity index (χ0) is 13.1. The smallest absolute Gasteiger partial charge is 0.119 e. The highest BCUT2D eigenvalue weighted by Crippen LogP contribution is 2.12. The lowest BCUT2D eigenvalue weighted by Crippen LogP contribution is -2.15. The Bertz CT molecular complexity index is 298. The van der Waals surface area contributed by atoms with E-state index in [2.05, 4.69) is 24.4 Å². The molecule has 0 aliphatic carbocycles. The maximum atomic E-state index is 5.62. The monoisotopic (exact) mass is 250 g/mol. The molecule has 3 heteroatoms. The van der Waals surface area contributed by atoms with Crippen molar-refractivity contribution in [3.63, 3.8) is 0 Å². The van der Waals surface area contributed by atoms with E-state index in [4.69, 9.17) is 10.5 Å². The minimum atomic E-state index is 0.783. The molecule has 0 fully saturated rings. The fraction of sp³-hybridized carbons (Fsp3) is 0.600. The lowest BCUT2D eigenvalue weighted by Gasteiger charge is -2.07. The Morgan fingerprint density at radius 1 is 1.11 bits per heavy atom. The quantitative estimate of drug-likeness (QED) is 0.628. The summed E-state index contributed by atoms with van der Waals surface area (Å²) in [6.07, 6.45) is 4.53. The lowest BCUT2D eigenvalue weighted by atomic mass is 10.2. The molecule has 1 aromatic rings. The number of hydrogen-bond acceptors (Lipinski definition) is 3. The Balaban J connectivity index is 2.19. The highest BCUT2D eigenvalue weighted by molar-refractivity contribution is 5.27. The molecular weight excluding hydrogens is 224 g/mol. The van der Waals surface area contributed by atoms with Gasteiger partial charge in [0.15, 0.2) is 0 Å². The number of nitrogens with two attached hydrogens (primary N) is 1. The highest BCUT2D eigenvalue weighted by Gasteiger charge is 1.95. The molecule has 0 aromatic heterocycles. The van der Waals surface area contributed by atoms with Crippen LogP contribution in [0.3, 0.4) is 0 Å². The Kier molecular flexibility index (Phi) is 8.26. The second-order valence-corrected chi connectivity index (χ2v) is 4.52. The topological polar surface area (TPSA) is 47.3 Å². The fourth-order valence-corrected chi connectivity index (χ4v) is 1.66. The number of hydrogen-bond donors (Lipinski definition) is 2. The van der Waals surface area contributed by atoms with E-state index < -0.39 is 0 Å². The first-order chi connectivity index (χ1) is 8.86. The first kappa shape index (κ1) is 15.0. The summed E-state index contributed by atoms with van der Waals surface area (Å²) in [6, 6.07) is 8.34. The zero-order valence-corrected chi connectivity index (χ0v) is 11.5. The zero-order valence-electron chi connectivity index (χ0n) is 11.5. The molecule has 1 rings (SSSR count). The molecule has 0 aliphatic heterocycles. The molecule has 0 saturated heterocycles. The van der Waals surface area contributed by atoms with Gasteiger partial charge in [0.25, 0.3) is 0 Å². The van der Waals surface area contributed by atoms with E-state index in [-0.39, 0.29) is 0 Å². The number of rotatable bonds is 10. The minimum Gasteiger partial charge on any atom is -0.494 e. The molecule has 0 unspecified atom stereocenters. The summed E-state index contributed by atoms with van der Waals surface area (Å²) in [7, 11) is 0. The van der Waals surface area contributed by atoms with Crippen LogP contribution in [-0.2, 0) is 6.54 Å². The highest BCUT2D eigenvalue weighted by atomic mass is 16.5. The maximum absolute atomic E-state index is 5.62. The molecule has 3 nitrogen and oxygen atoms in total. The van der Waals surface area contributed by atoms with Crippen LogP contribution in [0, 0.1) is 0 Å². The summed E-state index contributed by atoms with van der Waals surface area (Å²) in [6.45, 7) is 5.72. The van der Waals surface area contributed by atoms with Crippen LogP contribution < -0.4 is 15.8 Å². The second-order valence-electron chi connectivity index (χ2n) is 4.52.